The Morgan fingerprint density at radius 1 is 1.19 bits per heavy atom. The Labute approximate surface area is 152 Å². The molecule has 0 aliphatic rings. The van der Waals surface area contributed by atoms with Gasteiger partial charge in [-0.25, -0.2) is 15.0 Å². The molecular formula is C17H14ClF3N4O. The van der Waals surface area contributed by atoms with Gasteiger partial charge in [0.2, 0.25) is 5.88 Å². The van der Waals surface area contributed by atoms with Gasteiger partial charge in [0.25, 0.3) is 0 Å². The number of fused-ring (bicyclic) bond motifs is 1. The van der Waals surface area contributed by atoms with E-state index in [4.69, 9.17) is 16.3 Å². The zero-order valence-electron chi connectivity index (χ0n) is 13.6. The van der Waals surface area contributed by atoms with Crippen LogP contribution in [0.15, 0.2) is 42.9 Å². The van der Waals surface area contributed by atoms with Gasteiger partial charge in [0.1, 0.15) is 23.8 Å². The summed E-state index contributed by atoms with van der Waals surface area (Å²) in [6.07, 6.45) is -2.36. The Morgan fingerprint density at radius 3 is 2.69 bits per heavy atom. The Bertz CT molecular complexity index is 915. The van der Waals surface area contributed by atoms with E-state index in [2.05, 4.69) is 20.3 Å². The Morgan fingerprint density at radius 2 is 1.96 bits per heavy atom. The molecule has 1 atom stereocenters. The van der Waals surface area contributed by atoms with Gasteiger partial charge in [-0.05, 0) is 25.1 Å². The molecule has 136 valence electrons. The van der Waals surface area contributed by atoms with Crippen molar-refractivity contribution in [3.05, 3.63) is 53.4 Å². The summed E-state index contributed by atoms with van der Waals surface area (Å²) in [4.78, 5) is 12.0. The van der Waals surface area contributed by atoms with Crippen LogP contribution in [0.1, 0.15) is 12.5 Å². The van der Waals surface area contributed by atoms with Crippen molar-refractivity contribution in [2.45, 2.75) is 19.1 Å². The van der Waals surface area contributed by atoms with E-state index in [0.29, 0.717) is 12.0 Å². The molecule has 2 aromatic heterocycles. The van der Waals surface area contributed by atoms with E-state index in [0.717, 1.165) is 17.0 Å². The predicted octanol–water partition coefficient (Wildman–Crippen LogP) is 4.58. The van der Waals surface area contributed by atoms with Crippen molar-refractivity contribution in [3.63, 3.8) is 0 Å². The molecule has 5 nitrogen and oxygen atoms in total. The lowest BCUT2D eigenvalue weighted by Gasteiger charge is -2.17. The molecule has 0 aliphatic heterocycles. The van der Waals surface area contributed by atoms with Crippen molar-refractivity contribution in [2.24, 2.45) is 0 Å². The van der Waals surface area contributed by atoms with Gasteiger partial charge in [0, 0.05) is 11.6 Å². The molecule has 0 unspecified atom stereocenters. The van der Waals surface area contributed by atoms with Gasteiger partial charge in [-0.15, -0.1) is 0 Å². The van der Waals surface area contributed by atoms with Crippen LogP contribution in [-0.4, -0.2) is 27.6 Å². The summed E-state index contributed by atoms with van der Waals surface area (Å²) in [6, 6.07) is 8.11. The van der Waals surface area contributed by atoms with Gasteiger partial charge in [-0.2, -0.15) is 13.2 Å². The van der Waals surface area contributed by atoms with Crippen LogP contribution in [0.25, 0.3) is 10.9 Å². The summed E-state index contributed by atoms with van der Waals surface area (Å²) in [7, 11) is 0. The highest BCUT2D eigenvalue weighted by Crippen LogP contribution is 2.33. The Kier molecular flexibility index (Phi) is 5.13. The summed E-state index contributed by atoms with van der Waals surface area (Å²) < 4.78 is 43.3. The van der Waals surface area contributed by atoms with Crippen LogP contribution in [0.5, 0.6) is 5.88 Å². The van der Waals surface area contributed by atoms with E-state index >= 15 is 0 Å². The molecule has 0 fully saturated rings. The minimum Gasteiger partial charge on any atom is -0.474 e. The maximum Gasteiger partial charge on any atom is 0.417 e. The van der Waals surface area contributed by atoms with Gasteiger partial charge < -0.3 is 10.1 Å². The number of benzene rings is 1. The highest BCUT2D eigenvalue weighted by Gasteiger charge is 2.31. The summed E-state index contributed by atoms with van der Waals surface area (Å²) in [5.74, 6) is 0.582. The molecule has 9 heteroatoms. The molecule has 0 saturated carbocycles. The van der Waals surface area contributed by atoms with Crippen molar-refractivity contribution in [1.82, 2.24) is 15.0 Å². The lowest BCUT2D eigenvalue weighted by molar-refractivity contribution is -0.137. The fraction of sp³-hybridized carbons (Fsp3) is 0.235. The second-order valence-corrected chi connectivity index (χ2v) is 6.01. The van der Waals surface area contributed by atoms with Crippen LogP contribution in [0.2, 0.25) is 5.02 Å². The van der Waals surface area contributed by atoms with Gasteiger partial charge >= 0.3 is 6.18 Å². The fourth-order valence-corrected chi connectivity index (χ4v) is 2.51. The maximum absolute atomic E-state index is 12.6. The molecule has 1 N–H and O–H groups in total. The second kappa shape index (κ2) is 7.33. The third-order valence-corrected chi connectivity index (χ3v) is 3.80. The quantitative estimate of drug-likeness (QED) is 0.700. The van der Waals surface area contributed by atoms with Crippen molar-refractivity contribution >= 4 is 28.3 Å². The van der Waals surface area contributed by atoms with Crippen molar-refractivity contribution in [3.8, 4) is 5.88 Å². The number of pyridine rings is 1. The van der Waals surface area contributed by atoms with Crippen molar-refractivity contribution < 1.29 is 17.9 Å². The Hall–Kier alpha value is -2.61. The standard InChI is InChI=1S/C17H14ClF3N4O/c1-10(25-15-12-4-2-3-5-14(12)23-9-24-15)8-26-16-13(18)6-11(7-22-16)17(19,20)21/h2-7,9-10H,8H2,1H3,(H,23,24,25)/t10-/m1/s1. The first-order valence-corrected chi connectivity index (χ1v) is 8.04. The van der Waals surface area contributed by atoms with E-state index in [1.807, 2.05) is 31.2 Å². The summed E-state index contributed by atoms with van der Waals surface area (Å²) in [5.41, 5.74) is -0.126. The van der Waals surface area contributed by atoms with E-state index in [9.17, 15) is 13.2 Å². The number of hydrogen-bond donors (Lipinski definition) is 1. The molecule has 3 rings (SSSR count). The smallest absolute Gasteiger partial charge is 0.417 e. The van der Waals surface area contributed by atoms with E-state index < -0.39 is 11.7 Å². The topological polar surface area (TPSA) is 59.9 Å². The molecule has 1 aromatic carbocycles. The van der Waals surface area contributed by atoms with Gasteiger partial charge in [0.05, 0.1) is 17.1 Å². The van der Waals surface area contributed by atoms with Gasteiger partial charge in [0.15, 0.2) is 0 Å². The second-order valence-electron chi connectivity index (χ2n) is 5.60. The number of para-hydroxylation sites is 1. The number of ether oxygens (including phenoxy) is 1. The third-order valence-electron chi connectivity index (χ3n) is 3.53. The largest absolute Gasteiger partial charge is 0.474 e. The number of rotatable bonds is 5. The number of nitrogens with zero attached hydrogens (tertiary/aromatic N) is 3. The monoisotopic (exact) mass is 382 g/mol. The molecule has 0 saturated heterocycles. The highest BCUT2D eigenvalue weighted by atomic mass is 35.5. The molecule has 0 spiro atoms. The molecule has 0 aliphatic carbocycles. The van der Waals surface area contributed by atoms with Crippen molar-refractivity contribution in [1.29, 1.82) is 0 Å². The van der Waals surface area contributed by atoms with Crippen LogP contribution in [0.4, 0.5) is 19.0 Å². The van der Waals surface area contributed by atoms with Gasteiger partial charge in [-0.3, -0.25) is 0 Å². The number of hydrogen-bond acceptors (Lipinski definition) is 5. The zero-order valence-corrected chi connectivity index (χ0v) is 14.3. The lowest BCUT2D eigenvalue weighted by atomic mass is 10.2. The Balaban J connectivity index is 1.66. The normalized spacial score (nSPS) is 12.8. The molecule has 26 heavy (non-hydrogen) atoms. The number of aromatic nitrogens is 3. The number of halogens is 4. The first-order valence-electron chi connectivity index (χ1n) is 7.66. The van der Waals surface area contributed by atoms with Crippen LogP contribution in [-0.2, 0) is 6.18 Å². The van der Waals surface area contributed by atoms with Crippen molar-refractivity contribution in [2.75, 3.05) is 11.9 Å². The molecule has 3 aromatic rings. The molecule has 0 bridgehead atoms. The minimum absolute atomic E-state index is 0.0548. The van der Waals surface area contributed by atoms with Crippen LogP contribution < -0.4 is 10.1 Å². The molecule has 0 radical (unpaired) electrons. The summed E-state index contributed by atoms with van der Waals surface area (Å²) >= 11 is 5.83. The molecule has 2 heterocycles. The fourth-order valence-electron chi connectivity index (χ4n) is 2.29. The lowest BCUT2D eigenvalue weighted by Crippen LogP contribution is -2.24. The third kappa shape index (κ3) is 4.13. The van der Waals surface area contributed by atoms with Gasteiger partial charge in [-0.1, -0.05) is 23.7 Å². The minimum atomic E-state index is -4.50. The predicted molar refractivity (Wildman–Crippen MR) is 92.4 cm³/mol. The van der Waals surface area contributed by atoms with E-state index in [1.54, 1.807) is 0 Å². The summed E-state index contributed by atoms with van der Waals surface area (Å²) in [6.45, 7) is 1.98. The molecule has 0 amide bonds. The zero-order chi connectivity index (χ0) is 18.7. The highest BCUT2D eigenvalue weighted by molar-refractivity contribution is 6.31. The van der Waals surface area contributed by atoms with Crippen LogP contribution in [0.3, 0.4) is 0 Å². The number of anilines is 1. The van der Waals surface area contributed by atoms with E-state index in [1.165, 1.54) is 6.33 Å². The van der Waals surface area contributed by atoms with Crippen LogP contribution in [0, 0.1) is 0 Å². The maximum atomic E-state index is 12.6. The average molecular weight is 383 g/mol. The summed E-state index contributed by atoms with van der Waals surface area (Å²) in [5, 5.41) is 3.84. The SMILES string of the molecule is C[C@H](COc1ncc(C(F)(F)F)cc1Cl)Nc1ncnc2ccccc12. The van der Waals surface area contributed by atoms with E-state index in [-0.39, 0.29) is 23.6 Å². The number of alkyl halides is 3. The first kappa shape index (κ1) is 18.2. The molecular weight excluding hydrogens is 369 g/mol. The van der Waals surface area contributed by atoms with Crippen LogP contribution >= 0.6 is 11.6 Å². The number of nitrogens with one attached hydrogen (secondary N) is 1. The first-order chi connectivity index (χ1) is 12.3. The average Bonchev–Trinajstić information content (AvgIpc) is 2.60.